The lowest BCUT2D eigenvalue weighted by atomic mass is 9.96. The van der Waals surface area contributed by atoms with Crippen molar-refractivity contribution in [3.63, 3.8) is 0 Å². The molecule has 3 unspecified atom stereocenters. The second-order valence-electron chi connectivity index (χ2n) is 4.91. The molecule has 4 nitrogen and oxygen atoms in total. The van der Waals surface area contributed by atoms with Gasteiger partial charge in [-0.25, -0.2) is 0 Å². The summed E-state index contributed by atoms with van der Waals surface area (Å²) in [5.74, 6) is -0.777. The zero-order valence-electron chi connectivity index (χ0n) is 10.5. The average Bonchev–Trinajstić information content (AvgIpc) is 2.61. The van der Waals surface area contributed by atoms with Crippen molar-refractivity contribution in [2.24, 2.45) is 0 Å². The molecule has 1 fully saturated rings. The summed E-state index contributed by atoms with van der Waals surface area (Å²) in [4.78, 5) is 11.2. The molecular weight excluding hydrogens is 206 g/mol. The van der Waals surface area contributed by atoms with Gasteiger partial charge < -0.3 is 9.84 Å². The molecule has 16 heavy (non-hydrogen) atoms. The minimum absolute atomic E-state index is 0.172. The molecule has 0 saturated carbocycles. The van der Waals surface area contributed by atoms with Crippen LogP contribution in [0.15, 0.2) is 0 Å². The Bertz CT molecular complexity index is 244. The van der Waals surface area contributed by atoms with Crippen LogP contribution in [0.2, 0.25) is 0 Å². The molecule has 4 heteroatoms. The Morgan fingerprint density at radius 3 is 2.69 bits per heavy atom. The molecule has 3 atom stereocenters. The fraction of sp³-hybridized carbons (Fsp3) is 0.917. The number of carboxylic acids is 1. The molecule has 1 aliphatic heterocycles. The highest BCUT2D eigenvalue weighted by Crippen LogP contribution is 2.20. The van der Waals surface area contributed by atoms with Crippen molar-refractivity contribution in [2.75, 3.05) is 6.54 Å². The Hall–Kier alpha value is -0.610. The van der Waals surface area contributed by atoms with E-state index in [0.717, 1.165) is 19.3 Å². The van der Waals surface area contributed by atoms with Gasteiger partial charge >= 0.3 is 5.97 Å². The lowest BCUT2D eigenvalue weighted by molar-refractivity contribution is -0.144. The summed E-state index contributed by atoms with van der Waals surface area (Å²) in [6.45, 7) is 6.43. The number of nitrogens with one attached hydrogen (secondary N) is 1. The van der Waals surface area contributed by atoms with Crippen LogP contribution in [0.5, 0.6) is 0 Å². The largest absolute Gasteiger partial charge is 0.480 e. The number of hydrogen-bond donors (Lipinski definition) is 2. The van der Waals surface area contributed by atoms with Crippen molar-refractivity contribution in [3.05, 3.63) is 0 Å². The van der Waals surface area contributed by atoms with Crippen LogP contribution in [0.3, 0.4) is 0 Å². The van der Waals surface area contributed by atoms with Crippen LogP contribution in [0.25, 0.3) is 0 Å². The van der Waals surface area contributed by atoms with Crippen molar-refractivity contribution in [1.29, 1.82) is 0 Å². The second-order valence-corrected chi connectivity index (χ2v) is 4.91. The molecule has 2 N–H and O–H groups in total. The van der Waals surface area contributed by atoms with E-state index in [9.17, 15) is 9.90 Å². The van der Waals surface area contributed by atoms with Crippen LogP contribution >= 0.6 is 0 Å². The fourth-order valence-corrected chi connectivity index (χ4v) is 2.15. The molecule has 1 rings (SSSR count). The van der Waals surface area contributed by atoms with E-state index in [1.807, 2.05) is 6.92 Å². The van der Waals surface area contributed by atoms with Crippen molar-refractivity contribution in [2.45, 2.75) is 64.2 Å². The van der Waals surface area contributed by atoms with E-state index in [-0.39, 0.29) is 6.10 Å². The number of ether oxygens (including phenoxy) is 1. The molecule has 1 aliphatic rings. The Balaban J connectivity index is 2.41. The van der Waals surface area contributed by atoms with Gasteiger partial charge in [0.2, 0.25) is 0 Å². The Morgan fingerprint density at radius 1 is 1.56 bits per heavy atom. The molecule has 1 heterocycles. The number of carbonyl (C=O) groups is 1. The predicted molar refractivity (Wildman–Crippen MR) is 62.5 cm³/mol. The van der Waals surface area contributed by atoms with Gasteiger partial charge in [-0.15, -0.1) is 0 Å². The summed E-state index contributed by atoms with van der Waals surface area (Å²) in [5.41, 5.74) is -0.816. The van der Waals surface area contributed by atoms with Crippen LogP contribution in [0.4, 0.5) is 0 Å². The van der Waals surface area contributed by atoms with Crippen molar-refractivity contribution in [3.8, 4) is 0 Å². The van der Waals surface area contributed by atoms with Gasteiger partial charge in [-0.1, -0.05) is 13.3 Å². The molecular formula is C12H23NO3. The van der Waals surface area contributed by atoms with Gasteiger partial charge in [0.05, 0.1) is 12.2 Å². The summed E-state index contributed by atoms with van der Waals surface area (Å²) < 4.78 is 5.66. The highest BCUT2D eigenvalue weighted by molar-refractivity contribution is 5.78. The number of carboxylic acid groups (broad SMARTS) is 1. The van der Waals surface area contributed by atoms with Gasteiger partial charge in [-0.05, 0) is 33.1 Å². The van der Waals surface area contributed by atoms with Crippen molar-refractivity contribution in [1.82, 2.24) is 5.32 Å². The summed E-state index contributed by atoms with van der Waals surface area (Å²) >= 11 is 0. The van der Waals surface area contributed by atoms with Gasteiger partial charge in [0, 0.05) is 6.54 Å². The summed E-state index contributed by atoms with van der Waals surface area (Å²) in [5, 5.41) is 12.3. The standard InChI is InChI=1S/C12H23NO3/c1-4-7-12(3,11(14)15)13-8-10-6-5-9(2)16-10/h9-10,13H,4-8H2,1-3H3,(H,14,15). The van der Waals surface area contributed by atoms with Crippen LogP contribution in [-0.4, -0.2) is 35.4 Å². The highest BCUT2D eigenvalue weighted by Gasteiger charge is 2.33. The Kier molecular flexibility index (Phi) is 4.74. The number of rotatable bonds is 6. The first-order valence-electron chi connectivity index (χ1n) is 6.12. The molecule has 0 aromatic carbocycles. The van der Waals surface area contributed by atoms with Crippen molar-refractivity contribution >= 4 is 5.97 Å². The van der Waals surface area contributed by atoms with Gasteiger partial charge in [0.25, 0.3) is 0 Å². The second kappa shape index (κ2) is 5.64. The minimum Gasteiger partial charge on any atom is -0.480 e. The zero-order valence-corrected chi connectivity index (χ0v) is 10.5. The molecule has 0 bridgehead atoms. The molecule has 0 spiro atoms. The summed E-state index contributed by atoms with van der Waals surface area (Å²) in [7, 11) is 0. The van der Waals surface area contributed by atoms with Gasteiger partial charge in [-0.2, -0.15) is 0 Å². The topological polar surface area (TPSA) is 58.6 Å². The van der Waals surface area contributed by atoms with Crippen molar-refractivity contribution < 1.29 is 14.6 Å². The molecule has 0 aliphatic carbocycles. The van der Waals surface area contributed by atoms with E-state index in [1.54, 1.807) is 6.92 Å². The maximum Gasteiger partial charge on any atom is 0.323 e. The lowest BCUT2D eigenvalue weighted by Crippen LogP contribution is -2.51. The van der Waals surface area contributed by atoms with Gasteiger partial charge in [0.1, 0.15) is 5.54 Å². The monoisotopic (exact) mass is 229 g/mol. The third-order valence-electron chi connectivity index (χ3n) is 3.26. The van der Waals surface area contributed by atoms with Crippen LogP contribution < -0.4 is 5.32 Å². The summed E-state index contributed by atoms with van der Waals surface area (Å²) in [6, 6.07) is 0. The van der Waals surface area contributed by atoms with E-state index in [2.05, 4.69) is 12.2 Å². The van der Waals surface area contributed by atoms with E-state index in [1.165, 1.54) is 0 Å². The van der Waals surface area contributed by atoms with Crippen LogP contribution in [0.1, 0.15) is 46.5 Å². The molecule has 0 aromatic rings. The highest BCUT2D eigenvalue weighted by atomic mass is 16.5. The van der Waals surface area contributed by atoms with E-state index >= 15 is 0 Å². The molecule has 0 aromatic heterocycles. The first-order valence-corrected chi connectivity index (χ1v) is 6.12. The quantitative estimate of drug-likeness (QED) is 0.729. The predicted octanol–water partition coefficient (Wildman–Crippen LogP) is 1.79. The van der Waals surface area contributed by atoms with E-state index in [0.29, 0.717) is 19.1 Å². The third kappa shape index (κ3) is 3.46. The molecule has 0 amide bonds. The van der Waals surface area contributed by atoms with E-state index in [4.69, 9.17) is 4.74 Å². The maximum absolute atomic E-state index is 11.2. The average molecular weight is 229 g/mol. The molecule has 94 valence electrons. The lowest BCUT2D eigenvalue weighted by Gasteiger charge is -2.27. The Labute approximate surface area is 97.4 Å². The summed E-state index contributed by atoms with van der Waals surface area (Å²) in [6.07, 6.45) is 4.09. The smallest absolute Gasteiger partial charge is 0.323 e. The fourth-order valence-electron chi connectivity index (χ4n) is 2.15. The SMILES string of the molecule is CCCC(C)(NCC1CCC(C)O1)C(=O)O. The maximum atomic E-state index is 11.2. The first-order chi connectivity index (χ1) is 7.48. The Morgan fingerprint density at radius 2 is 2.25 bits per heavy atom. The van der Waals surface area contributed by atoms with Crippen LogP contribution in [0, 0.1) is 0 Å². The minimum atomic E-state index is -0.816. The first kappa shape index (κ1) is 13.5. The zero-order chi connectivity index (χ0) is 12.2. The number of hydrogen-bond acceptors (Lipinski definition) is 3. The van der Waals surface area contributed by atoms with E-state index < -0.39 is 11.5 Å². The van der Waals surface area contributed by atoms with Gasteiger partial charge in [-0.3, -0.25) is 10.1 Å². The molecule has 0 radical (unpaired) electrons. The normalized spacial score (nSPS) is 28.9. The third-order valence-corrected chi connectivity index (χ3v) is 3.26. The molecule has 1 saturated heterocycles. The number of aliphatic carboxylic acids is 1. The van der Waals surface area contributed by atoms with Crippen LogP contribution in [-0.2, 0) is 9.53 Å². The van der Waals surface area contributed by atoms with Gasteiger partial charge in [0.15, 0.2) is 0 Å².